The first-order valence-corrected chi connectivity index (χ1v) is 6.19. The summed E-state index contributed by atoms with van der Waals surface area (Å²) in [6.07, 6.45) is -2.51. The van der Waals surface area contributed by atoms with Gasteiger partial charge in [0, 0.05) is 0 Å². The van der Waals surface area contributed by atoms with E-state index in [-0.39, 0.29) is 15.9 Å². The fraction of sp³-hybridized carbons (Fsp3) is 0.0833. The van der Waals surface area contributed by atoms with E-state index >= 15 is 0 Å². The van der Waals surface area contributed by atoms with Crippen molar-refractivity contribution in [2.45, 2.75) is 6.18 Å². The average Bonchev–Trinajstić information content (AvgIpc) is 2.40. The maximum absolute atomic E-state index is 12.9. The first-order valence-electron chi connectivity index (χ1n) is 5.43. The molecule has 1 amide bonds. The molecule has 9 heteroatoms. The lowest BCUT2D eigenvalue weighted by atomic mass is 10.1. The number of alkyl halides is 3. The summed E-state index contributed by atoms with van der Waals surface area (Å²) in [5.74, 6) is -0.877. The van der Waals surface area contributed by atoms with Crippen molar-refractivity contribution in [1.29, 1.82) is 0 Å². The third kappa shape index (κ3) is 3.62. The summed E-state index contributed by atoms with van der Waals surface area (Å²) in [7, 11) is 0. The van der Waals surface area contributed by atoms with Gasteiger partial charge in [-0.2, -0.15) is 13.2 Å². The molecule has 0 spiro atoms. The van der Waals surface area contributed by atoms with Crippen molar-refractivity contribution in [1.82, 2.24) is 9.97 Å². The maximum atomic E-state index is 12.9. The molecule has 0 bridgehead atoms. The Kier molecular flexibility index (Phi) is 4.34. The van der Waals surface area contributed by atoms with Gasteiger partial charge in [0.05, 0.1) is 28.7 Å². The number of amides is 1. The van der Waals surface area contributed by atoms with Gasteiger partial charge in [0.15, 0.2) is 0 Å². The fourth-order valence-corrected chi connectivity index (χ4v) is 1.81. The number of anilines is 1. The van der Waals surface area contributed by atoms with Gasteiger partial charge in [-0.1, -0.05) is 29.3 Å². The van der Waals surface area contributed by atoms with Gasteiger partial charge in [-0.05, 0) is 12.1 Å². The highest BCUT2D eigenvalue weighted by molar-refractivity contribution is 6.34. The standard InChI is InChI=1S/C12H6Cl2F3N3O/c13-7-3-1-2-6(12(15,16)17)10(7)20-11(21)8-4-19-9(14)5-18-8/h1-5H,(H,20,21). The maximum Gasteiger partial charge on any atom is 0.418 e. The lowest BCUT2D eigenvalue weighted by Gasteiger charge is -2.14. The molecule has 0 saturated heterocycles. The molecule has 4 nitrogen and oxygen atoms in total. The van der Waals surface area contributed by atoms with Crippen LogP contribution in [0.25, 0.3) is 0 Å². The van der Waals surface area contributed by atoms with Crippen LogP contribution < -0.4 is 5.32 Å². The molecule has 0 aliphatic rings. The van der Waals surface area contributed by atoms with Crippen molar-refractivity contribution in [3.05, 3.63) is 52.0 Å². The number of carbonyl (C=O) groups is 1. The molecule has 1 N–H and O–H groups in total. The minimum Gasteiger partial charge on any atom is -0.319 e. The highest BCUT2D eigenvalue weighted by Gasteiger charge is 2.35. The number of nitrogens with zero attached hydrogens (tertiary/aromatic N) is 2. The minimum atomic E-state index is -4.65. The van der Waals surface area contributed by atoms with Gasteiger partial charge in [-0.3, -0.25) is 4.79 Å². The third-order valence-electron chi connectivity index (χ3n) is 2.41. The third-order valence-corrected chi connectivity index (χ3v) is 2.92. The zero-order chi connectivity index (χ0) is 15.6. The van der Waals surface area contributed by atoms with E-state index < -0.39 is 23.3 Å². The minimum absolute atomic E-state index is 0.0558. The molecule has 0 atom stereocenters. The summed E-state index contributed by atoms with van der Waals surface area (Å²) >= 11 is 11.2. The van der Waals surface area contributed by atoms with E-state index in [1.807, 2.05) is 0 Å². The number of rotatable bonds is 2. The van der Waals surface area contributed by atoms with Crippen LogP contribution in [0.5, 0.6) is 0 Å². The summed E-state index contributed by atoms with van der Waals surface area (Å²) in [5, 5.41) is 1.90. The highest BCUT2D eigenvalue weighted by Crippen LogP contribution is 2.38. The molecule has 0 aliphatic heterocycles. The van der Waals surface area contributed by atoms with Crippen LogP contribution in [-0.4, -0.2) is 15.9 Å². The molecule has 21 heavy (non-hydrogen) atoms. The molecule has 0 saturated carbocycles. The van der Waals surface area contributed by atoms with Crippen molar-refractivity contribution in [3.63, 3.8) is 0 Å². The van der Waals surface area contributed by atoms with E-state index in [9.17, 15) is 18.0 Å². The first kappa shape index (κ1) is 15.5. The van der Waals surface area contributed by atoms with Crippen LogP contribution in [0.15, 0.2) is 30.6 Å². The molecular formula is C12H6Cl2F3N3O. The van der Waals surface area contributed by atoms with Crippen LogP contribution in [0.3, 0.4) is 0 Å². The molecule has 2 rings (SSSR count). The SMILES string of the molecule is O=C(Nc1c(Cl)cccc1C(F)(F)F)c1cnc(Cl)cn1. The zero-order valence-corrected chi connectivity index (χ0v) is 11.6. The normalized spacial score (nSPS) is 11.3. The second-order valence-electron chi connectivity index (χ2n) is 3.84. The summed E-state index contributed by atoms with van der Waals surface area (Å²) in [4.78, 5) is 19.2. The van der Waals surface area contributed by atoms with Crippen LogP contribution in [-0.2, 0) is 6.18 Å². The number of hydrogen-bond donors (Lipinski definition) is 1. The van der Waals surface area contributed by atoms with Gasteiger partial charge in [0.2, 0.25) is 0 Å². The Morgan fingerprint density at radius 1 is 1.14 bits per heavy atom. The van der Waals surface area contributed by atoms with E-state index in [1.165, 1.54) is 6.07 Å². The first-order chi connectivity index (χ1) is 9.79. The molecule has 1 heterocycles. The lowest BCUT2D eigenvalue weighted by molar-refractivity contribution is -0.136. The van der Waals surface area contributed by atoms with Gasteiger partial charge in [-0.25, -0.2) is 9.97 Å². The van der Waals surface area contributed by atoms with E-state index in [2.05, 4.69) is 15.3 Å². The topological polar surface area (TPSA) is 54.9 Å². The van der Waals surface area contributed by atoms with Gasteiger partial charge in [-0.15, -0.1) is 0 Å². The number of para-hydroxylation sites is 1. The largest absolute Gasteiger partial charge is 0.418 e. The zero-order valence-electron chi connectivity index (χ0n) is 10.1. The Bertz CT molecular complexity index is 674. The second kappa shape index (κ2) is 5.87. The molecule has 110 valence electrons. The van der Waals surface area contributed by atoms with Crippen LogP contribution in [0.2, 0.25) is 10.2 Å². The quantitative estimate of drug-likeness (QED) is 0.900. The summed E-state index contributed by atoms with van der Waals surface area (Å²) in [5.41, 5.74) is -1.77. The number of hydrogen-bond acceptors (Lipinski definition) is 3. The van der Waals surface area contributed by atoms with Crippen LogP contribution in [0, 0.1) is 0 Å². The molecule has 0 aliphatic carbocycles. The Labute approximate surface area is 126 Å². The number of halogens is 5. The Balaban J connectivity index is 2.35. The van der Waals surface area contributed by atoms with E-state index in [0.29, 0.717) is 0 Å². The van der Waals surface area contributed by atoms with Crippen molar-refractivity contribution < 1.29 is 18.0 Å². The molecule has 2 aromatic rings. The lowest BCUT2D eigenvalue weighted by Crippen LogP contribution is -2.18. The summed E-state index contributed by atoms with van der Waals surface area (Å²) in [6, 6.07) is 3.19. The van der Waals surface area contributed by atoms with Gasteiger partial charge < -0.3 is 5.32 Å². The molecule has 0 unspecified atom stereocenters. The number of carbonyl (C=O) groups excluding carboxylic acids is 1. The monoisotopic (exact) mass is 335 g/mol. The Hall–Kier alpha value is -1.86. The molecule has 1 aromatic heterocycles. The predicted molar refractivity (Wildman–Crippen MR) is 71.4 cm³/mol. The smallest absolute Gasteiger partial charge is 0.319 e. The molecular weight excluding hydrogens is 330 g/mol. The summed E-state index contributed by atoms with van der Waals surface area (Å²) in [6.45, 7) is 0. The van der Waals surface area contributed by atoms with Crippen LogP contribution in [0.4, 0.5) is 18.9 Å². The Morgan fingerprint density at radius 2 is 1.86 bits per heavy atom. The predicted octanol–water partition coefficient (Wildman–Crippen LogP) is 4.05. The fourth-order valence-electron chi connectivity index (χ4n) is 1.49. The number of nitrogens with one attached hydrogen (secondary N) is 1. The molecule has 0 radical (unpaired) electrons. The van der Waals surface area contributed by atoms with E-state index in [4.69, 9.17) is 23.2 Å². The van der Waals surface area contributed by atoms with E-state index in [0.717, 1.165) is 24.5 Å². The second-order valence-corrected chi connectivity index (χ2v) is 4.63. The summed E-state index contributed by atoms with van der Waals surface area (Å²) < 4.78 is 38.6. The highest BCUT2D eigenvalue weighted by atomic mass is 35.5. The molecule has 0 fully saturated rings. The van der Waals surface area contributed by atoms with Gasteiger partial charge in [0.1, 0.15) is 10.8 Å². The Morgan fingerprint density at radius 3 is 2.43 bits per heavy atom. The van der Waals surface area contributed by atoms with Crippen LogP contribution >= 0.6 is 23.2 Å². The average molecular weight is 336 g/mol. The van der Waals surface area contributed by atoms with Crippen molar-refractivity contribution in [2.24, 2.45) is 0 Å². The van der Waals surface area contributed by atoms with Gasteiger partial charge in [0.25, 0.3) is 5.91 Å². The van der Waals surface area contributed by atoms with Crippen molar-refractivity contribution in [3.8, 4) is 0 Å². The van der Waals surface area contributed by atoms with Crippen molar-refractivity contribution in [2.75, 3.05) is 5.32 Å². The van der Waals surface area contributed by atoms with E-state index in [1.54, 1.807) is 0 Å². The molecule has 1 aromatic carbocycles. The van der Waals surface area contributed by atoms with Gasteiger partial charge >= 0.3 is 6.18 Å². The number of benzene rings is 1. The van der Waals surface area contributed by atoms with Crippen LogP contribution in [0.1, 0.15) is 16.1 Å². The van der Waals surface area contributed by atoms with Crippen molar-refractivity contribution >= 4 is 34.8 Å². The number of aromatic nitrogens is 2.